The van der Waals surface area contributed by atoms with E-state index in [2.05, 4.69) is 205 Å². The summed E-state index contributed by atoms with van der Waals surface area (Å²) in [5.41, 5.74) is 8.54. The molecule has 0 aliphatic heterocycles. The van der Waals surface area contributed by atoms with E-state index in [0.717, 1.165) is 60.5 Å². The highest BCUT2D eigenvalue weighted by atomic mass is 32.1. The number of benzene rings is 11. The predicted octanol–water partition coefficient (Wildman–Crippen LogP) is 16.6. The van der Waals surface area contributed by atoms with Gasteiger partial charge in [-0.05, 0) is 97.7 Å². The molecule has 0 N–H and O–H groups in total. The summed E-state index contributed by atoms with van der Waals surface area (Å²) in [4.78, 5) is 16.2. The molecule has 0 radical (unpaired) electrons. The summed E-state index contributed by atoms with van der Waals surface area (Å²) in [6.45, 7) is 0. The minimum atomic E-state index is 0.614. The van der Waals surface area contributed by atoms with Gasteiger partial charge < -0.3 is 4.57 Å². The van der Waals surface area contributed by atoms with E-state index in [1.54, 1.807) is 0 Å². The molecule has 3 heterocycles. The van der Waals surface area contributed by atoms with Crippen LogP contribution in [-0.2, 0) is 0 Å². The van der Waals surface area contributed by atoms with Crippen LogP contribution in [0.5, 0.6) is 0 Å². The quantitative estimate of drug-likeness (QED) is 0.162. The number of para-hydroxylation sites is 1. The first-order valence-electron chi connectivity index (χ1n) is 22.3. The Balaban J connectivity index is 1.12. The number of fused-ring (bicyclic) bond motifs is 10. The van der Waals surface area contributed by atoms with Gasteiger partial charge in [0.2, 0.25) is 0 Å². The maximum absolute atomic E-state index is 5.50. The van der Waals surface area contributed by atoms with Gasteiger partial charge in [0, 0.05) is 58.8 Å². The molecule has 11 aromatic carbocycles. The van der Waals surface area contributed by atoms with Crippen LogP contribution in [-0.4, -0.2) is 19.5 Å². The lowest BCUT2D eigenvalue weighted by Gasteiger charge is -2.19. The van der Waals surface area contributed by atoms with E-state index in [9.17, 15) is 0 Å². The summed E-state index contributed by atoms with van der Waals surface area (Å²) in [5, 5.41) is 14.3. The van der Waals surface area contributed by atoms with E-state index < -0.39 is 0 Å². The lowest BCUT2D eigenvalue weighted by Crippen LogP contribution is -2.03. The number of aromatic nitrogens is 4. The smallest absolute Gasteiger partial charge is 0.165 e. The maximum atomic E-state index is 5.50. The molecule has 5 heteroatoms. The molecule has 4 nitrogen and oxygen atoms in total. The van der Waals surface area contributed by atoms with Crippen molar-refractivity contribution in [2.75, 3.05) is 0 Å². The summed E-state index contributed by atoms with van der Waals surface area (Å²) in [7, 11) is 0. The summed E-state index contributed by atoms with van der Waals surface area (Å²) in [6.07, 6.45) is 0. The molecule has 14 aromatic rings. The number of thiophene rings is 1. The molecule has 0 amide bonds. The molecule has 3 aromatic heterocycles. The summed E-state index contributed by atoms with van der Waals surface area (Å²) in [6, 6.07) is 78.8. The largest absolute Gasteiger partial charge is 0.309 e. The first kappa shape index (κ1) is 36.9. The van der Waals surface area contributed by atoms with Crippen LogP contribution in [0.3, 0.4) is 0 Å². The average Bonchev–Trinajstić information content (AvgIpc) is 3.91. The van der Waals surface area contributed by atoms with E-state index in [-0.39, 0.29) is 0 Å². The Hall–Kier alpha value is -8.51. The molecular weight excluding hydrogens is 821 g/mol. The Morgan fingerprint density at radius 1 is 0.318 bits per heavy atom. The Kier molecular flexibility index (Phi) is 8.12. The maximum Gasteiger partial charge on any atom is 0.165 e. The zero-order chi connectivity index (χ0) is 43.3. The van der Waals surface area contributed by atoms with Crippen LogP contribution in [0.4, 0.5) is 0 Å². The highest BCUT2D eigenvalue weighted by molar-refractivity contribution is 7.26. The fourth-order valence-electron chi connectivity index (χ4n) is 10.4. The van der Waals surface area contributed by atoms with Gasteiger partial charge in [0.15, 0.2) is 17.5 Å². The summed E-state index contributed by atoms with van der Waals surface area (Å²) in [5.74, 6) is 1.88. The molecule has 306 valence electrons. The van der Waals surface area contributed by atoms with Crippen LogP contribution >= 0.6 is 11.3 Å². The molecule has 0 aliphatic rings. The van der Waals surface area contributed by atoms with Crippen molar-refractivity contribution in [2.24, 2.45) is 0 Å². The van der Waals surface area contributed by atoms with Gasteiger partial charge in [-0.15, -0.1) is 11.3 Å². The molecule has 0 saturated carbocycles. The van der Waals surface area contributed by atoms with Crippen LogP contribution in [0.25, 0.3) is 136 Å². The minimum absolute atomic E-state index is 0.614. The zero-order valence-electron chi connectivity index (χ0n) is 35.5. The number of hydrogen-bond acceptors (Lipinski definition) is 4. The van der Waals surface area contributed by atoms with Crippen molar-refractivity contribution in [2.45, 2.75) is 0 Å². The highest BCUT2D eigenvalue weighted by Crippen LogP contribution is 2.48. The van der Waals surface area contributed by atoms with Gasteiger partial charge in [-0.3, -0.25) is 0 Å². The third-order valence-corrected chi connectivity index (χ3v) is 14.5. The third-order valence-electron chi connectivity index (χ3n) is 13.4. The normalized spacial score (nSPS) is 11.9. The Morgan fingerprint density at radius 3 is 1.59 bits per heavy atom. The van der Waals surface area contributed by atoms with Gasteiger partial charge in [0.25, 0.3) is 0 Å². The third kappa shape index (κ3) is 5.67. The average molecular weight is 857 g/mol. The first-order valence-corrected chi connectivity index (χ1v) is 23.2. The second-order valence-electron chi connectivity index (χ2n) is 17.1. The van der Waals surface area contributed by atoms with Crippen molar-refractivity contribution >= 4 is 96.4 Å². The van der Waals surface area contributed by atoms with Gasteiger partial charge >= 0.3 is 0 Å². The van der Waals surface area contributed by atoms with Crippen LogP contribution in [0.1, 0.15) is 0 Å². The van der Waals surface area contributed by atoms with Crippen LogP contribution in [0.2, 0.25) is 0 Å². The van der Waals surface area contributed by atoms with E-state index in [1.807, 2.05) is 29.5 Å². The summed E-state index contributed by atoms with van der Waals surface area (Å²) >= 11 is 1.86. The van der Waals surface area contributed by atoms with E-state index in [4.69, 9.17) is 15.0 Å². The Labute approximate surface area is 383 Å². The predicted molar refractivity (Wildman–Crippen MR) is 279 cm³/mol. The fourth-order valence-corrected chi connectivity index (χ4v) is 11.6. The number of rotatable bonds is 5. The van der Waals surface area contributed by atoms with E-state index >= 15 is 0 Å². The molecule has 66 heavy (non-hydrogen) atoms. The lowest BCUT2D eigenvalue weighted by atomic mass is 9.91. The van der Waals surface area contributed by atoms with E-state index in [1.165, 1.54) is 58.1 Å². The standard InChI is InChI=1S/C61H36N4S/c1-2-16-37(17-3-1)59-62-60(64-61(63-59)57-45-24-10-6-20-40(45)32-41-21-7-11-25-46(41)57)43-30-31-52(65-51-28-14-12-26-47(51)49-33-38-18-4-5-19-39(38)35-53(49)65)50(34-43)56-44-23-9-8-22-42(44)36-55-58(56)48-27-13-15-29-54(48)66-55/h1-36H. The van der Waals surface area contributed by atoms with Crippen molar-refractivity contribution in [3.8, 4) is 51.0 Å². The van der Waals surface area contributed by atoms with E-state index in [0.29, 0.717) is 17.5 Å². The minimum Gasteiger partial charge on any atom is -0.309 e. The van der Waals surface area contributed by atoms with Crippen molar-refractivity contribution < 1.29 is 0 Å². The van der Waals surface area contributed by atoms with Crippen molar-refractivity contribution in [1.82, 2.24) is 19.5 Å². The highest BCUT2D eigenvalue weighted by Gasteiger charge is 2.24. The van der Waals surface area contributed by atoms with Crippen LogP contribution in [0, 0.1) is 0 Å². The number of hydrogen-bond donors (Lipinski definition) is 0. The zero-order valence-corrected chi connectivity index (χ0v) is 36.3. The topological polar surface area (TPSA) is 43.6 Å². The van der Waals surface area contributed by atoms with Gasteiger partial charge in [0.1, 0.15) is 0 Å². The second kappa shape index (κ2) is 14.5. The van der Waals surface area contributed by atoms with Crippen LogP contribution < -0.4 is 0 Å². The van der Waals surface area contributed by atoms with Crippen LogP contribution in [0.15, 0.2) is 218 Å². The Bertz CT molecular complexity index is 4240. The summed E-state index contributed by atoms with van der Waals surface area (Å²) < 4.78 is 5.00. The van der Waals surface area contributed by atoms with Gasteiger partial charge in [-0.2, -0.15) is 0 Å². The molecule has 0 atom stereocenters. The monoisotopic (exact) mass is 856 g/mol. The SMILES string of the molecule is c1ccc(-c2nc(-c3ccc(-n4c5ccccc5c5cc6ccccc6cc54)c(-c4c5ccccc5cc5sc6ccccc6c45)c3)nc(-c3c4ccccc4cc4ccccc34)n2)cc1. The number of nitrogens with zero attached hydrogens (tertiary/aromatic N) is 4. The molecule has 0 fully saturated rings. The molecule has 0 unspecified atom stereocenters. The van der Waals surface area contributed by atoms with Gasteiger partial charge in [-0.25, -0.2) is 15.0 Å². The first-order chi connectivity index (χ1) is 32.7. The lowest BCUT2D eigenvalue weighted by molar-refractivity contribution is 1.08. The van der Waals surface area contributed by atoms with Gasteiger partial charge in [0.05, 0.1) is 16.7 Å². The van der Waals surface area contributed by atoms with Crippen molar-refractivity contribution in [1.29, 1.82) is 0 Å². The van der Waals surface area contributed by atoms with Gasteiger partial charge in [-0.1, -0.05) is 164 Å². The molecule has 0 bridgehead atoms. The molecule has 0 saturated heterocycles. The molecule has 0 spiro atoms. The molecular formula is C61H36N4S. The second-order valence-corrected chi connectivity index (χ2v) is 18.2. The molecule has 14 rings (SSSR count). The molecule has 0 aliphatic carbocycles. The fraction of sp³-hybridized carbons (Fsp3) is 0. The van der Waals surface area contributed by atoms with Crippen molar-refractivity contribution in [3.63, 3.8) is 0 Å². The van der Waals surface area contributed by atoms with Crippen molar-refractivity contribution in [3.05, 3.63) is 218 Å². The Morgan fingerprint density at radius 2 is 0.864 bits per heavy atom.